The van der Waals surface area contributed by atoms with Crippen molar-refractivity contribution < 1.29 is 0 Å². The van der Waals surface area contributed by atoms with Crippen LogP contribution in [0.1, 0.15) is 43.1 Å². The third kappa shape index (κ3) is 2.08. The first kappa shape index (κ1) is 12.4. The van der Waals surface area contributed by atoms with E-state index in [0.29, 0.717) is 0 Å². The fraction of sp³-hybridized carbons (Fsp3) is 0.438. The van der Waals surface area contributed by atoms with Crippen LogP contribution >= 0.6 is 0 Å². The lowest BCUT2D eigenvalue weighted by atomic mass is 9.74. The topological polar surface area (TPSA) is 43.8 Å². The van der Waals surface area contributed by atoms with E-state index in [4.69, 9.17) is 5.73 Å². The van der Waals surface area contributed by atoms with Crippen LogP contribution in [0.5, 0.6) is 0 Å². The van der Waals surface area contributed by atoms with Crippen LogP contribution in [0.15, 0.2) is 30.7 Å². The van der Waals surface area contributed by atoms with Crippen molar-refractivity contribution in [3.63, 3.8) is 0 Å². The first-order valence-corrected chi connectivity index (χ1v) is 6.85. The number of aryl methyl sites for hydroxylation is 1. The van der Waals surface area contributed by atoms with Crippen LogP contribution < -0.4 is 5.73 Å². The van der Waals surface area contributed by atoms with Crippen LogP contribution in [-0.4, -0.2) is 9.55 Å². The highest BCUT2D eigenvalue weighted by molar-refractivity contribution is 5.43. The van der Waals surface area contributed by atoms with Crippen molar-refractivity contribution in [2.45, 2.75) is 39.7 Å². The van der Waals surface area contributed by atoms with E-state index in [-0.39, 0.29) is 11.5 Å². The molecule has 0 radical (unpaired) electrons. The third-order valence-electron chi connectivity index (χ3n) is 4.12. The Morgan fingerprint density at radius 2 is 2.16 bits per heavy atom. The molecule has 3 nitrogen and oxygen atoms in total. The lowest BCUT2D eigenvalue weighted by Crippen LogP contribution is -2.30. The Morgan fingerprint density at radius 3 is 2.89 bits per heavy atom. The molecular weight excluding hydrogens is 234 g/mol. The number of nitrogens with zero attached hydrogens (tertiary/aromatic N) is 2. The second-order valence-corrected chi connectivity index (χ2v) is 6.40. The zero-order chi connectivity index (χ0) is 13.6. The monoisotopic (exact) mass is 255 g/mol. The second-order valence-electron chi connectivity index (χ2n) is 6.40. The molecule has 0 bridgehead atoms. The maximum Gasteiger partial charge on any atom is 0.0665 e. The van der Waals surface area contributed by atoms with Gasteiger partial charge in [-0.15, -0.1) is 0 Å². The van der Waals surface area contributed by atoms with Gasteiger partial charge in [0.05, 0.1) is 11.9 Å². The van der Waals surface area contributed by atoms with Crippen molar-refractivity contribution in [1.82, 2.24) is 9.55 Å². The summed E-state index contributed by atoms with van der Waals surface area (Å²) in [6.07, 6.45) is 8.02. The summed E-state index contributed by atoms with van der Waals surface area (Å²) in [7, 11) is 0. The van der Waals surface area contributed by atoms with E-state index in [0.717, 1.165) is 18.5 Å². The molecule has 19 heavy (non-hydrogen) atoms. The number of pyridine rings is 1. The van der Waals surface area contributed by atoms with E-state index in [1.54, 1.807) is 0 Å². The molecule has 100 valence electrons. The first-order valence-electron chi connectivity index (χ1n) is 6.85. The highest BCUT2D eigenvalue weighted by atomic mass is 15.0. The summed E-state index contributed by atoms with van der Waals surface area (Å²) in [5.41, 5.74) is 11.6. The van der Waals surface area contributed by atoms with Crippen molar-refractivity contribution in [3.05, 3.63) is 47.5 Å². The number of aromatic nitrogens is 2. The van der Waals surface area contributed by atoms with Gasteiger partial charge in [0.25, 0.3) is 0 Å². The lowest BCUT2D eigenvalue weighted by Gasteiger charge is -2.34. The van der Waals surface area contributed by atoms with Gasteiger partial charge < -0.3 is 10.3 Å². The van der Waals surface area contributed by atoms with Crippen LogP contribution in [0.2, 0.25) is 0 Å². The minimum absolute atomic E-state index is 0.150. The van der Waals surface area contributed by atoms with Crippen molar-refractivity contribution in [2.24, 2.45) is 11.1 Å². The zero-order valence-corrected chi connectivity index (χ0v) is 11.9. The van der Waals surface area contributed by atoms with Crippen LogP contribution in [-0.2, 0) is 6.42 Å². The van der Waals surface area contributed by atoms with Crippen molar-refractivity contribution in [2.75, 3.05) is 0 Å². The molecular formula is C16H21N3. The summed E-state index contributed by atoms with van der Waals surface area (Å²) in [6, 6.07) is 4.37. The third-order valence-corrected chi connectivity index (χ3v) is 4.12. The molecule has 3 heteroatoms. The largest absolute Gasteiger partial charge is 0.324 e. The van der Waals surface area contributed by atoms with Crippen molar-refractivity contribution >= 4 is 0 Å². The maximum absolute atomic E-state index is 6.32. The fourth-order valence-corrected chi connectivity index (χ4v) is 3.17. The molecule has 0 saturated heterocycles. The number of hydrogen-bond acceptors (Lipinski definition) is 2. The Kier molecular flexibility index (Phi) is 2.75. The Bertz CT molecular complexity index is 610. The first-order chi connectivity index (χ1) is 8.98. The van der Waals surface area contributed by atoms with Gasteiger partial charge in [0.15, 0.2) is 0 Å². The smallest absolute Gasteiger partial charge is 0.0665 e. The number of rotatable bonds is 1. The fourth-order valence-electron chi connectivity index (χ4n) is 3.17. The van der Waals surface area contributed by atoms with Gasteiger partial charge in [0, 0.05) is 24.1 Å². The molecule has 1 unspecified atom stereocenters. The molecule has 2 N–H and O–H groups in total. The van der Waals surface area contributed by atoms with E-state index in [1.807, 2.05) is 12.4 Å². The molecule has 1 atom stereocenters. The molecule has 1 aliphatic carbocycles. The summed E-state index contributed by atoms with van der Waals surface area (Å²) in [5, 5.41) is 0. The standard InChI is InChI=1S/C16H21N3/c1-11-4-6-18-10-15(11)19-7-5-12-13(17)8-16(2,3)9-14(12)19/h4-7,10,13H,8-9,17H2,1-3H3. The number of nitrogens with two attached hydrogens (primary N) is 1. The highest BCUT2D eigenvalue weighted by Gasteiger charge is 2.32. The minimum Gasteiger partial charge on any atom is -0.324 e. The second kappa shape index (κ2) is 4.20. The van der Waals surface area contributed by atoms with E-state index in [9.17, 15) is 0 Å². The van der Waals surface area contributed by atoms with Crippen LogP contribution in [0.3, 0.4) is 0 Å². The van der Waals surface area contributed by atoms with Crippen molar-refractivity contribution in [3.8, 4) is 5.69 Å². The highest BCUT2D eigenvalue weighted by Crippen LogP contribution is 2.40. The van der Waals surface area contributed by atoms with Gasteiger partial charge >= 0.3 is 0 Å². The maximum atomic E-state index is 6.32. The molecule has 2 aromatic heterocycles. The van der Waals surface area contributed by atoms with Crippen molar-refractivity contribution in [1.29, 1.82) is 0 Å². The molecule has 1 aliphatic rings. The number of fused-ring (bicyclic) bond motifs is 1. The molecule has 0 aromatic carbocycles. The minimum atomic E-state index is 0.150. The van der Waals surface area contributed by atoms with Crippen LogP contribution in [0.25, 0.3) is 5.69 Å². The predicted molar refractivity (Wildman–Crippen MR) is 77.3 cm³/mol. The molecule has 3 rings (SSSR count). The average Bonchev–Trinajstić information content (AvgIpc) is 2.72. The Balaban J connectivity index is 2.14. The van der Waals surface area contributed by atoms with Crippen LogP contribution in [0, 0.1) is 12.3 Å². The summed E-state index contributed by atoms with van der Waals surface area (Å²) in [4.78, 5) is 4.25. The SMILES string of the molecule is Cc1ccncc1-n1ccc2c1CC(C)(C)CC2N. The van der Waals surface area contributed by atoms with Gasteiger partial charge in [-0.2, -0.15) is 0 Å². The Morgan fingerprint density at radius 1 is 1.37 bits per heavy atom. The van der Waals surface area contributed by atoms with Gasteiger partial charge in [-0.05, 0) is 48.4 Å². The summed E-state index contributed by atoms with van der Waals surface area (Å²) < 4.78 is 2.26. The van der Waals surface area contributed by atoms with Gasteiger partial charge in [0.2, 0.25) is 0 Å². The Labute approximate surface area is 114 Å². The lowest BCUT2D eigenvalue weighted by molar-refractivity contribution is 0.278. The van der Waals surface area contributed by atoms with E-state index < -0.39 is 0 Å². The van der Waals surface area contributed by atoms with Gasteiger partial charge in [0.1, 0.15) is 0 Å². The van der Waals surface area contributed by atoms with Gasteiger partial charge in [-0.25, -0.2) is 0 Å². The molecule has 0 amide bonds. The van der Waals surface area contributed by atoms with Crippen LogP contribution in [0.4, 0.5) is 0 Å². The summed E-state index contributed by atoms with van der Waals surface area (Å²) in [5.74, 6) is 0. The molecule has 0 fully saturated rings. The normalized spacial score (nSPS) is 21.2. The average molecular weight is 255 g/mol. The quantitative estimate of drug-likeness (QED) is 0.850. The molecule has 2 heterocycles. The van der Waals surface area contributed by atoms with E-state index in [1.165, 1.54) is 16.8 Å². The summed E-state index contributed by atoms with van der Waals surface area (Å²) >= 11 is 0. The Hall–Kier alpha value is -1.61. The molecule has 0 saturated carbocycles. The van der Waals surface area contributed by atoms with E-state index in [2.05, 4.69) is 48.7 Å². The predicted octanol–water partition coefficient (Wildman–Crippen LogP) is 3.15. The van der Waals surface area contributed by atoms with Gasteiger partial charge in [-0.1, -0.05) is 13.8 Å². The molecule has 2 aromatic rings. The zero-order valence-electron chi connectivity index (χ0n) is 11.9. The van der Waals surface area contributed by atoms with E-state index >= 15 is 0 Å². The molecule has 0 spiro atoms. The summed E-state index contributed by atoms with van der Waals surface area (Å²) in [6.45, 7) is 6.71. The molecule has 0 aliphatic heterocycles. The number of hydrogen-bond donors (Lipinski definition) is 1. The van der Waals surface area contributed by atoms with Gasteiger partial charge in [-0.3, -0.25) is 4.98 Å².